The molecule has 2 heterocycles. The Morgan fingerprint density at radius 2 is 2.19 bits per heavy atom. The molecule has 0 saturated heterocycles. The fraction of sp³-hybridized carbons (Fsp3) is 0.500. The lowest BCUT2D eigenvalue weighted by Crippen LogP contribution is -2.18. The molecule has 0 bridgehead atoms. The summed E-state index contributed by atoms with van der Waals surface area (Å²) in [6.07, 6.45) is 1.87. The van der Waals surface area contributed by atoms with Gasteiger partial charge in [0.1, 0.15) is 5.69 Å². The monoisotopic (exact) mass is 287 g/mol. The van der Waals surface area contributed by atoms with Crippen LogP contribution >= 0.6 is 0 Å². The van der Waals surface area contributed by atoms with Crippen molar-refractivity contribution >= 4 is 0 Å². The van der Waals surface area contributed by atoms with Crippen LogP contribution in [0.4, 0.5) is 0 Å². The molecule has 0 amide bonds. The third-order valence-corrected chi connectivity index (χ3v) is 3.48. The van der Waals surface area contributed by atoms with Gasteiger partial charge in [-0.25, -0.2) is 0 Å². The Balaban J connectivity index is 2.15. The molecular formula is C14H17N5O2. The number of hydrogen-bond acceptors (Lipinski definition) is 7. The SMILES string of the molecule is CCC(C)(CC#N)Cc1nc(-c2ccc(OC)nn2)no1. The zero-order chi connectivity index (χ0) is 15.3. The number of nitrogens with zero attached hydrogens (tertiary/aromatic N) is 5. The third kappa shape index (κ3) is 3.54. The zero-order valence-electron chi connectivity index (χ0n) is 12.3. The van der Waals surface area contributed by atoms with Crippen molar-refractivity contribution in [3.63, 3.8) is 0 Å². The Bertz CT molecular complexity index is 632. The molecule has 0 spiro atoms. The van der Waals surface area contributed by atoms with Crippen molar-refractivity contribution in [2.75, 3.05) is 7.11 Å². The van der Waals surface area contributed by atoms with Gasteiger partial charge in [-0.05, 0) is 17.9 Å². The molecule has 1 unspecified atom stereocenters. The predicted molar refractivity (Wildman–Crippen MR) is 74.2 cm³/mol. The summed E-state index contributed by atoms with van der Waals surface area (Å²) < 4.78 is 10.2. The van der Waals surface area contributed by atoms with Crippen LogP contribution in [0.5, 0.6) is 5.88 Å². The van der Waals surface area contributed by atoms with Crippen molar-refractivity contribution in [1.29, 1.82) is 5.26 Å². The average molecular weight is 287 g/mol. The zero-order valence-corrected chi connectivity index (χ0v) is 12.3. The number of ether oxygens (including phenoxy) is 1. The third-order valence-electron chi connectivity index (χ3n) is 3.48. The van der Waals surface area contributed by atoms with Gasteiger partial charge in [0, 0.05) is 18.9 Å². The molecule has 21 heavy (non-hydrogen) atoms. The Labute approximate surface area is 123 Å². The standard InChI is InChI=1S/C14H17N5O2/c1-4-14(2,7-8-15)9-12-16-13(19-21-12)10-5-6-11(20-3)18-17-10/h5-6H,4,7,9H2,1-3H3. The van der Waals surface area contributed by atoms with Gasteiger partial charge in [0.2, 0.25) is 17.6 Å². The van der Waals surface area contributed by atoms with E-state index in [0.717, 1.165) is 6.42 Å². The lowest BCUT2D eigenvalue weighted by Gasteiger charge is -2.22. The molecule has 0 radical (unpaired) electrons. The smallest absolute Gasteiger partial charge is 0.233 e. The maximum atomic E-state index is 8.90. The second-order valence-electron chi connectivity index (χ2n) is 5.15. The number of methoxy groups -OCH3 is 1. The van der Waals surface area contributed by atoms with Crippen LogP contribution in [0.3, 0.4) is 0 Å². The van der Waals surface area contributed by atoms with Crippen molar-refractivity contribution in [3.8, 4) is 23.5 Å². The maximum absolute atomic E-state index is 8.90. The second kappa shape index (κ2) is 6.31. The number of nitriles is 1. The first kappa shape index (κ1) is 14.9. The summed E-state index contributed by atoms with van der Waals surface area (Å²) in [4.78, 5) is 4.32. The van der Waals surface area contributed by atoms with Gasteiger partial charge in [0.15, 0.2) is 0 Å². The van der Waals surface area contributed by atoms with Crippen LogP contribution in [0, 0.1) is 16.7 Å². The molecule has 7 heteroatoms. The van der Waals surface area contributed by atoms with Gasteiger partial charge >= 0.3 is 0 Å². The summed E-state index contributed by atoms with van der Waals surface area (Å²) in [7, 11) is 1.52. The number of rotatable bonds is 6. The first-order chi connectivity index (χ1) is 10.1. The lowest BCUT2D eigenvalue weighted by atomic mass is 9.81. The van der Waals surface area contributed by atoms with E-state index in [1.54, 1.807) is 12.1 Å². The Morgan fingerprint density at radius 1 is 1.38 bits per heavy atom. The van der Waals surface area contributed by atoms with E-state index in [1.165, 1.54) is 7.11 Å². The summed E-state index contributed by atoms with van der Waals surface area (Å²) in [6, 6.07) is 5.61. The molecule has 0 aliphatic rings. The van der Waals surface area contributed by atoms with Gasteiger partial charge in [-0.3, -0.25) is 0 Å². The summed E-state index contributed by atoms with van der Waals surface area (Å²) in [5.74, 6) is 1.31. The molecule has 0 aromatic carbocycles. The van der Waals surface area contributed by atoms with Crippen LogP contribution in [-0.2, 0) is 6.42 Å². The van der Waals surface area contributed by atoms with Crippen LogP contribution in [0.2, 0.25) is 0 Å². The topological polar surface area (TPSA) is 97.7 Å². The first-order valence-electron chi connectivity index (χ1n) is 6.68. The maximum Gasteiger partial charge on any atom is 0.233 e. The molecule has 2 aromatic rings. The summed E-state index contributed by atoms with van der Waals surface area (Å²) >= 11 is 0. The minimum absolute atomic E-state index is 0.163. The fourth-order valence-electron chi connectivity index (χ4n) is 1.85. The molecule has 0 N–H and O–H groups in total. The van der Waals surface area contributed by atoms with Gasteiger partial charge in [0.25, 0.3) is 0 Å². The highest BCUT2D eigenvalue weighted by atomic mass is 16.5. The molecule has 2 aromatic heterocycles. The van der Waals surface area contributed by atoms with Gasteiger partial charge < -0.3 is 9.26 Å². The van der Waals surface area contributed by atoms with E-state index in [9.17, 15) is 0 Å². The molecule has 0 aliphatic heterocycles. The average Bonchev–Trinajstić information content (AvgIpc) is 2.96. The van der Waals surface area contributed by atoms with E-state index in [2.05, 4.69) is 26.4 Å². The minimum atomic E-state index is -0.163. The van der Waals surface area contributed by atoms with Crippen molar-refractivity contribution in [2.45, 2.75) is 33.1 Å². The van der Waals surface area contributed by atoms with E-state index >= 15 is 0 Å². The largest absolute Gasteiger partial charge is 0.480 e. The molecule has 0 aliphatic carbocycles. The first-order valence-corrected chi connectivity index (χ1v) is 6.68. The minimum Gasteiger partial charge on any atom is -0.480 e. The van der Waals surface area contributed by atoms with E-state index in [1.807, 2.05) is 13.8 Å². The molecule has 1 atom stereocenters. The van der Waals surface area contributed by atoms with E-state index < -0.39 is 0 Å². The van der Waals surface area contributed by atoms with Crippen molar-refractivity contribution < 1.29 is 9.26 Å². The molecule has 7 nitrogen and oxygen atoms in total. The number of hydrogen-bond donors (Lipinski definition) is 0. The molecule has 0 saturated carbocycles. The Hall–Kier alpha value is -2.49. The van der Waals surface area contributed by atoms with Crippen LogP contribution < -0.4 is 4.74 Å². The van der Waals surface area contributed by atoms with Crippen molar-refractivity contribution in [3.05, 3.63) is 18.0 Å². The van der Waals surface area contributed by atoms with Gasteiger partial charge in [-0.2, -0.15) is 10.2 Å². The molecule has 110 valence electrons. The normalized spacial score (nSPS) is 13.4. The highest BCUT2D eigenvalue weighted by Crippen LogP contribution is 2.30. The summed E-state index contributed by atoms with van der Waals surface area (Å²) in [5, 5.41) is 20.6. The van der Waals surface area contributed by atoms with Gasteiger partial charge in [-0.15, -0.1) is 10.2 Å². The van der Waals surface area contributed by atoms with Gasteiger partial charge in [-0.1, -0.05) is 19.0 Å². The highest BCUT2D eigenvalue weighted by Gasteiger charge is 2.26. The van der Waals surface area contributed by atoms with Crippen molar-refractivity contribution in [2.24, 2.45) is 5.41 Å². The molecular weight excluding hydrogens is 270 g/mol. The summed E-state index contributed by atoms with van der Waals surface area (Å²) in [6.45, 7) is 4.08. The van der Waals surface area contributed by atoms with Crippen LogP contribution in [0.1, 0.15) is 32.6 Å². The Kier molecular flexibility index (Phi) is 4.48. The lowest BCUT2D eigenvalue weighted by molar-refractivity contribution is 0.266. The highest BCUT2D eigenvalue weighted by molar-refractivity contribution is 5.47. The second-order valence-corrected chi connectivity index (χ2v) is 5.15. The summed E-state index contributed by atoms with van der Waals surface area (Å²) in [5.41, 5.74) is 0.355. The molecule has 0 fully saturated rings. The van der Waals surface area contributed by atoms with E-state index in [4.69, 9.17) is 14.5 Å². The van der Waals surface area contributed by atoms with E-state index in [0.29, 0.717) is 36.1 Å². The predicted octanol–water partition coefficient (Wildman–Crippen LogP) is 2.41. The molecule has 2 rings (SSSR count). The van der Waals surface area contributed by atoms with Gasteiger partial charge in [0.05, 0.1) is 13.2 Å². The number of aromatic nitrogens is 4. The van der Waals surface area contributed by atoms with E-state index in [-0.39, 0.29) is 5.41 Å². The van der Waals surface area contributed by atoms with Crippen LogP contribution in [0.15, 0.2) is 16.7 Å². The fourth-order valence-corrected chi connectivity index (χ4v) is 1.85. The van der Waals surface area contributed by atoms with Crippen LogP contribution in [0.25, 0.3) is 11.5 Å². The quantitative estimate of drug-likeness (QED) is 0.804. The Morgan fingerprint density at radius 3 is 2.76 bits per heavy atom. The van der Waals surface area contributed by atoms with Crippen molar-refractivity contribution in [1.82, 2.24) is 20.3 Å². The van der Waals surface area contributed by atoms with Crippen LogP contribution in [-0.4, -0.2) is 27.4 Å².